The van der Waals surface area contributed by atoms with Crippen molar-refractivity contribution < 1.29 is 0 Å². The van der Waals surface area contributed by atoms with Crippen LogP contribution in [0.2, 0.25) is 0 Å². The van der Waals surface area contributed by atoms with Gasteiger partial charge in [0.25, 0.3) is 0 Å². The molecule has 1 heterocycles. The Morgan fingerprint density at radius 2 is 1.55 bits per heavy atom. The van der Waals surface area contributed by atoms with Gasteiger partial charge < -0.3 is 5.73 Å². The van der Waals surface area contributed by atoms with E-state index in [0.29, 0.717) is 21.9 Å². The minimum atomic E-state index is 0.105. The molecule has 0 aliphatic heterocycles. The Bertz CT molecular complexity index is 1100. The van der Waals surface area contributed by atoms with E-state index in [4.69, 9.17) is 5.73 Å². The van der Waals surface area contributed by atoms with Crippen LogP contribution < -0.4 is 5.73 Å². The first-order valence-corrected chi connectivity index (χ1v) is 10.2. The molecule has 0 aliphatic carbocycles. The summed E-state index contributed by atoms with van der Waals surface area (Å²) in [6, 6.07) is 22.2. The number of nitrogen functional groups attached to an aromatic ring is 1. The highest BCUT2D eigenvalue weighted by Crippen LogP contribution is 2.36. The molecule has 0 amide bonds. The van der Waals surface area contributed by atoms with Crippen molar-refractivity contribution in [2.45, 2.75) is 37.0 Å². The molecule has 2 aromatic carbocycles. The van der Waals surface area contributed by atoms with Crippen LogP contribution >= 0.6 is 11.8 Å². The first-order chi connectivity index (χ1) is 13.8. The predicted molar refractivity (Wildman–Crippen MR) is 118 cm³/mol. The summed E-state index contributed by atoms with van der Waals surface area (Å²) >= 11 is 1.46. The molecule has 2 N–H and O–H groups in total. The number of hydrogen-bond donors (Lipinski definition) is 1. The van der Waals surface area contributed by atoms with Gasteiger partial charge in [0.2, 0.25) is 0 Å². The fourth-order valence-electron chi connectivity index (χ4n) is 3.05. The van der Waals surface area contributed by atoms with E-state index in [2.05, 4.69) is 62.2 Å². The smallest absolute Gasteiger partial charge is 0.143 e. The summed E-state index contributed by atoms with van der Waals surface area (Å²) in [4.78, 5) is 4.37. The molecular formula is C24H22N4S. The van der Waals surface area contributed by atoms with E-state index in [1.165, 1.54) is 17.3 Å². The van der Waals surface area contributed by atoms with Crippen molar-refractivity contribution in [3.63, 3.8) is 0 Å². The molecule has 3 rings (SSSR count). The Morgan fingerprint density at radius 3 is 2.10 bits per heavy atom. The SMILES string of the molecule is CC(C)(C)c1ccc(CSc2nc(N)c(C#N)c(-c3ccccc3)c2C#N)cc1. The lowest BCUT2D eigenvalue weighted by atomic mass is 9.87. The van der Waals surface area contributed by atoms with Gasteiger partial charge in [-0.15, -0.1) is 11.8 Å². The summed E-state index contributed by atoms with van der Waals surface area (Å²) < 4.78 is 0. The van der Waals surface area contributed by atoms with Gasteiger partial charge in [-0.2, -0.15) is 10.5 Å². The third-order valence-electron chi connectivity index (χ3n) is 4.67. The molecule has 0 radical (unpaired) electrons. The molecule has 5 heteroatoms. The van der Waals surface area contributed by atoms with Crippen molar-refractivity contribution in [1.29, 1.82) is 10.5 Å². The molecule has 0 atom stereocenters. The zero-order valence-corrected chi connectivity index (χ0v) is 17.5. The van der Waals surface area contributed by atoms with Crippen LogP contribution in [0.5, 0.6) is 0 Å². The Labute approximate surface area is 176 Å². The summed E-state index contributed by atoms with van der Waals surface area (Å²) in [5, 5.41) is 20.0. The van der Waals surface area contributed by atoms with Crippen LogP contribution in [0.4, 0.5) is 5.82 Å². The molecule has 3 aromatic rings. The molecule has 0 bridgehead atoms. The first-order valence-electron chi connectivity index (χ1n) is 9.26. The summed E-state index contributed by atoms with van der Waals surface area (Å²) in [6.07, 6.45) is 0. The average molecular weight is 399 g/mol. The van der Waals surface area contributed by atoms with Gasteiger partial charge in [0, 0.05) is 11.3 Å². The number of aromatic nitrogens is 1. The zero-order chi connectivity index (χ0) is 21.0. The minimum Gasteiger partial charge on any atom is -0.383 e. The van der Waals surface area contributed by atoms with E-state index in [0.717, 1.165) is 11.1 Å². The molecule has 0 saturated carbocycles. The van der Waals surface area contributed by atoms with Crippen LogP contribution in [-0.2, 0) is 11.2 Å². The Kier molecular flexibility index (Phi) is 5.92. The standard InChI is InChI=1S/C24H22N4S/c1-24(2,3)18-11-9-16(10-12-18)15-29-23-20(14-26)21(17-7-5-4-6-8-17)19(13-25)22(27)28-23/h4-12H,15H2,1-3H3,(H2,27,28). The maximum atomic E-state index is 9.84. The van der Waals surface area contributed by atoms with Crippen molar-refractivity contribution in [2.75, 3.05) is 5.73 Å². The molecule has 0 fully saturated rings. The summed E-state index contributed by atoms with van der Waals surface area (Å²) in [5.41, 5.74) is 10.6. The average Bonchev–Trinajstić information content (AvgIpc) is 2.72. The van der Waals surface area contributed by atoms with E-state index in [1.807, 2.05) is 30.3 Å². The van der Waals surface area contributed by atoms with E-state index in [1.54, 1.807) is 0 Å². The highest BCUT2D eigenvalue weighted by molar-refractivity contribution is 7.98. The number of anilines is 1. The highest BCUT2D eigenvalue weighted by atomic mass is 32.2. The maximum Gasteiger partial charge on any atom is 0.143 e. The number of thioether (sulfide) groups is 1. The largest absolute Gasteiger partial charge is 0.383 e. The Morgan fingerprint density at radius 1 is 0.931 bits per heavy atom. The molecule has 144 valence electrons. The van der Waals surface area contributed by atoms with Gasteiger partial charge in [-0.05, 0) is 22.1 Å². The maximum absolute atomic E-state index is 9.84. The predicted octanol–water partition coefficient (Wildman–Crippen LogP) is 5.66. The fourth-order valence-corrected chi connectivity index (χ4v) is 4.00. The fraction of sp³-hybridized carbons (Fsp3) is 0.208. The van der Waals surface area contributed by atoms with E-state index in [9.17, 15) is 10.5 Å². The topological polar surface area (TPSA) is 86.5 Å². The monoisotopic (exact) mass is 398 g/mol. The number of pyridine rings is 1. The van der Waals surface area contributed by atoms with E-state index >= 15 is 0 Å². The second kappa shape index (κ2) is 8.39. The molecule has 0 spiro atoms. The lowest BCUT2D eigenvalue weighted by Gasteiger charge is -2.19. The van der Waals surface area contributed by atoms with E-state index in [-0.39, 0.29) is 16.8 Å². The number of nitriles is 2. The summed E-state index contributed by atoms with van der Waals surface area (Å²) in [5.74, 6) is 0.807. The Hall–Kier alpha value is -3.28. The molecule has 1 aromatic heterocycles. The molecule has 0 unspecified atom stereocenters. The summed E-state index contributed by atoms with van der Waals surface area (Å²) in [6.45, 7) is 6.56. The molecule has 0 aliphatic rings. The van der Waals surface area contributed by atoms with Crippen molar-refractivity contribution in [1.82, 2.24) is 4.98 Å². The van der Waals surface area contributed by atoms with Crippen LogP contribution in [-0.4, -0.2) is 4.98 Å². The molecule has 4 nitrogen and oxygen atoms in total. The van der Waals surface area contributed by atoms with Crippen LogP contribution in [0.1, 0.15) is 43.0 Å². The number of hydrogen-bond acceptors (Lipinski definition) is 5. The van der Waals surface area contributed by atoms with Gasteiger partial charge in [-0.1, -0.05) is 75.4 Å². The Balaban J connectivity index is 1.97. The third kappa shape index (κ3) is 4.42. The van der Waals surface area contributed by atoms with Crippen molar-refractivity contribution in [3.05, 3.63) is 76.9 Å². The minimum absolute atomic E-state index is 0.105. The van der Waals surface area contributed by atoms with Gasteiger partial charge in [0.15, 0.2) is 0 Å². The number of nitrogens with zero attached hydrogens (tertiary/aromatic N) is 3. The molecular weight excluding hydrogens is 376 g/mol. The lowest BCUT2D eigenvalue weighted by molar-refractivity contribution is 0.590. The number of benzene rings is 2. The third-order valence-corrected chi connectivity index (χ3v) is 5.72. The van der Waals surface area contributed by atoms with Crippen LogP contribution in [0, 0.1) is 22.7 Å². The second-order valence-corrected chi connectivity index (χ2v) is 8.72. The number of nitrogens with two attached hydrogens (primary N) is 1. The van der Waals surface area contributed by atoms with Gasteiger partial charge in [-0.3, -0.25) is 0 Å². The quantitative estimate of drug-likeness (QED) is 0.573. The van der Waals surface area contributed by atoms with Gasteiger partial charge in [-0.25, -0.2) is 4.98 Å². The second-order valence-electron chi connectivity index (χ2n) is 7.75. The van der Waals surface area contributed by atoms with Crippen LogP contribution in [0.25, 0.3) is 11.1 Å². The lowest BCUT2D eigenvalue weighted by Crippen LogP contribution is -2.10. The highest BCUT2D eigenvalue weighted by Gasteiger charge is 2.20. The van der Waals surface area contributed by atoms with Gasteiger partial charge >= 0.3 is 0 Å². The van der Waals surface area contributed by atoms with Crippen molar-refractivity contribution >= 4 is 17.6 Å². The van der Waals surface area contributed by atoms with E-state index < -0.39 is 0 Å². The van der Waals surface area contributed by atoms with Crippen LogP contribution in [0.15, 0.2) is 59.6 Å². The normalized spacial score (nSPS) is 10.9. The first kappa shape index (κ1) is 20.5. The molecule has 0 saturated heterocycles. The molecule has 29 heavy (non-hydrogen) atoms. The zero-order valence-electron chi connectivity index (χ0n) is 16.7. The number of rotatable bonds is 4. The van der Waals surface area contributed by atoms with Crippen molar-refractivity contribution in [3.8, 4) is 23.3 Å². The van der Waals surface area contributed by atoms with Crippen molar-refractivity contribution in [2.24, 2.45) is 0 Å². The van der Waals surface area contributed by atoms with Gasteiger partial charge in [0.1, 0.15) is 28.5 Å². The summed E-state index contributed by atoms with van der Waals surface area (Å²) in [7, 11) is 0. The van der Waals surface area contributed by atoms with Crippen LogP contribution in [0.3, 0.4) is 0 Å². The van der Waals surface area contributed by atoms with Gasteiger partial charge in [0.05, 0.1) is 5.56 Å².